The highest BCUT2D eigenvalue weighted by atomic mass is 16.3. The summed E-state index contributed by atoms with van der Waals surface area (Å²) in [6.07, 6.45) is 1.79. The Kier molecular flexibility index (Phi) is 0.346. The second kappa shape index (κ2) is 0.548. The molecule has 1 heteroatoms. The van der Waals surface area contributed by atoms with Crippen LogP contribution in [0, 0.1) is 0 Å². The zero-order chi connectivity index (χ0) is 3.91. The third-order valence-corrected chi connectivity index (χ3v) is 0.954. The third kappa shape index (κ3) is 0.618. The summed E-state index contributed by atoms with van der Waals surface area (Å²) >= 11 is 0. The van der Waals surface area contributed by atoms with Gasteiger partial charge in [0.2, 0.25) is 0 Å². The summed E-state index contributed by atoms with van der Waals surface area (Å²) in [5.74, 6) is 0. The van der Waals surface area contributed by atoms with Crippen LogP contribution in [-0.4, -0.2) is 5.60 Å². The van der Waals surface area contributed by atoms with E-state index in [4.69, 9.17) is 0 Å². The topological polar surface area (TPSA) is 19.9 Å². The molecule has 0 unspecified atom stereocenters. The average Bonchev–Trinajstić information content (AvgIpc) is 1.76. The van der Waals surface area contributed by atoms with Crippen LogP contribution in [0.4, 0.5) is 0 Å². The standard InChI is InChI=1S/C4H7O/c1-4(5)2-3-4/h2-3H2,1H3. The van der Waals surface area contributed by atoms with Crippen molar-refractivity contribution >= 4 is 0 Å². The fourth-order valence-corrected chi connectivity index (χ4v) is 0.176. The number of rotatable bonds is 0. The van der Waals surface area contributed by atoms with Crippen molar-refractivity contribution < 1.29 is 5.11 Å². The van der Waals surface area contributed by atoms with E-state index in [2.05, 4.69) is 0 Å². The molecule has 5 heavy (non-hydrogen) atoms. The Labute approximate surface area is 31.6 Å². The molecule has 1 aliphatic carbocycles. The Morgan fingerprint density at radius 2 is 1.80 bits per heavy atom. The first-order chi connectivity index (χ1) is 2.21. The molecule has 0 amide bonds. The summed E-state index contributed by atoms with van der Waals surface area (Å²) in [5.41, 5.74) is -0.500. The molecule has 0 saturated heterocycles. The van der Waals surface area contributed by atoms with Crippen LogP contribution >= 0.6 is 0 Å². The molecule has 1 rings (SSSR count). The van der Waals surface area contributed by atoms with Crippen LogP contribution in [0.3, 0.4) is 0 Å². The molecule has 0 N–H and O–H groups in total. The van der Waals surface area contributed by atoms with Crippen molar-refractivity contribution in [3.8, 4) is 0 Å². The molecule has 1 nitrogen and oxygen atoms in total. The van der Waals surface area contributed by atoms with Crippen LogP contribution in [0.25, 0.3) is 0 Å². The van der Waals surface area contributed by atoms with Crippen LogP contribution in [0.5, 0.6) is 0 Å². The van der Waals surface area contributed by atoms with Gasteiger partial charge >= 0.3 is 0 Å². The minimum Gasteiger partial charge on any atom is -0.230 e. The van der Waals surface area contributed by atoms with Gasteiger partial charge in [-0.05, 0) is 19.8 Å². The van der Waals surface area contributed by atoms with Crippen molar-refractivity contribution in [3.63, 3.8) is 0 Å². The Bertz CT molecular complexity index is 41.6. The molecule has 0 aliphatic heterocycles. The predicted molar refractivity (Wildman–Crippen MR) is 18.3 cm³/mol. The normalized spacial score (nSPS) is 30.0. The quantitative estimate of drug-likeness (QED) is 0.405. The molecule has 0 aromatic rings. The zero-order valence-electron chi connectivity index (χ0n) is 3.32. The van der Waals surface area contributed by atoms with Crippen molar-refractivity contribution in [1.29, 1.82) is 0 Å². The summed E-state index contributed by atoms with van der Waals surface area (Å²) in [6.45, 7) is 1.74. The van der Waals surface area contributed by atoms with Gasteiger partial charge in [-0.25, -0.2) is 5.11 Å². The lowest BCUT2D eigenvalue weighted by atomic mass is 10.4. The first kappa shape index (κ1) is 3.16. The van der Waals surface area contributed by atoms with Crippen molar-refractivity contribution in [2.75, 3.05) is 0 Å². The van der Waals surface area contributed by atoms with Gasteiger partial charge in [-0.1, -0.05) is 0 Å². The summed E-state index contributed by atoms with van der Waals surface area (Å²) < 4.78 is 0. The molecule has 0 bridgehead atoms. The Morgan fingerprint density at radius 1 is 1.60 bits per heavy atom. The first-order valence-corrected chi connectivity index (χ1v) is 1.91. The highest BCUT2D eigenvalue weighted by Crippen LogP contribution is 2.34. The minimum atomic E-state index is -0.500. The molecule has 0 heterocycles. The molecule has 1 radical (unpaired) electrons. The largest absolute Gasteiger partial charge is 0.230 e. The van der Waals surface area contributed by atoms with Gasteiger partial charge in [0, 0.05) is 0 Å². The van der Waals surface area contributed by atoms with Crippen molar-refractivity contribution in [1.82, 2.24) is 0 Å². The second-order valence-corrected chi connectivity index (χ2v) is 1.95. The lowest BCUT2D eigenvalue weighted by Crippen LogP contribution is -1.91. The van der Waals surface area contributed by atoms with E-state index >= 15 is 0 Å². The molecule has 0 aromatic heterocycles. The van der Waals surface area contributed by atoms with Gasteiger partial charge in [0.05, 0.1) is 0 Å². The van der Waals surface area contributed by atoms with Gasteiger partial charge in [-0.2, -0.15) is 0 Å². The van der Waals surface area contributed by atoms with Gasteiger partial charge < -0.3 is 0 Å². The molecular formula is C4H7O. The molecule has 29 valence electrons. The van der Waals surface area contributed by atoms with Crippen molar-refractivity contribution in [2.24, 2.45) is 0 Å². The SMILES string of the molecule is CC1([O])CC1. The number of hydrogen-bond donors (Lipinski definition) is 0. The second-order valence-electron chi connectivity index (χ2n) is 1.95. The molecular weight excluding hydrogens is 64.0 g/mol. The summed E-state index contributed by atoms with van der Waals surface area (Å²) in [6, 6.07) is 0. The van der Waals surface area contributed by atoms with E-state index in [9.17, 15) is 5.11 Å². The first-order valence-electron chi connectivity index (χ1n) is 1.91. The van der Waals surface area contributed by atoms with Gasteiger partial charge in [-0.3, -0.25) is 0 Å². The summed E-state index contributed by atoms with van der Waals surface area (Å²) in [4.78, 5) is 0. The Hall–Kier alpha value is -0.0400. The molecule has 1 fully saturated rings. The molecule has 0 atom stereocenters. The van der Waals surface area contributed by atoms with Crippen LogP contribution in [0.1, 0.15) is 19.8 Å². The van der Waals surface area contributed by atoms with E-state index in [0.717, 1.165) is 12.8 Å². The Morgan fingerprint density at radius 3 is 1.80 bits per heavy atom. The van der Waals surface area contributed by atoms with E-state index in [1.54, 1.807) is 6.92 Å². The summed E-state index contributed by atoms with van der Waals surface area (Å²) in [5, 5.41) is 10.2. The summed E-state index contributed by atoms with van der Waals surface area (Å²) in [7, 11) is 0. The van der Waals surface area contributed by atoms with Crippen LogP contribution < -0.4 is 0 Å². The van der Waals surface area contributed by atoms with Crippen molar-refractivity contribution in [3.05, 3.63) is 0 Å². The smallest absolute Gasteiger partial charge is 0.101 e. The maximum Gasteiger partial charge on any atom is 0.101 e. The molecule has 0 aromatic carbocycles. The lowest BCUT2D eigenvalue weighted by molar-refractivity contribution is 0.0822. The Balaban J connectivity index is 2.38. The van der Waals surface area contributed by atoms with Crippen molar-refractivity contribution in [2.45, 2.75) is 25.4 Å². The van der Waals surface area contributed by atoms with E-state index in [1.807, 2.05) is 0 Å². The number of hydrogen-bond acceptors (Lipinski definition) is 0. The predicted octanol–water partition coefficient (Wildman–Crippen LogP) is 0.969. The van der Waals surface area contributed by atoms with Gasteiger partial charge in [0.25, 0.3) is 0 Å². The molecule has 1 aliphatic rings. The highest BCUT2D eigenvalue weighted by molar-refractivity contribution is 4.86. The molecule has 0 spiro atoms. The maximum absolute atomic E-state index is 10.2. The average molecular weight is 71.1 g/mol. The van der Waals surface area contributed by atoms with E-state index in [-0.39, 0.29) is 0 Å². The monoisotopic (exact) mass is 71.0 g/mol. The fraction of sp³-hybridized carbons (Fsp3) is 1.00. The van der Waals surface area contributed by atoms with Crippen LogP contribution in [0.2, 0.25) is 0 Å². The van der Waals surface area contributed by atoms with E-state index < -0.39 is 5.60 Å². The molecule has 1 saturated carbocycles. The zero-order valence-corrected chi connectivity index (χ0v) is 3.32. The van der Waals surface area contributed by atoms with Gasteiger partial charge in [-0.15, -0.1) is 0 Å². The van der Waals surface area contributed by atoms with Gasteiger partial charge in [0.1, 0.15) is 5.60 Å². The maximum atomic E-state index is 10.2. The van der Waals surface area contributed by atoms with Crippen LogP contribution in [-0.2, 0) is 5.11 Å². The van der Waals surface area contributed by atoms with E-state index in [1.165, 1.54) is 0 Å². The van der Waals surface area contributed by atoms with E-state index in [0.29, 0.717) is 0 Å². The minimum absolute atomic E-state index is 0.500. The lowest BCUT2D eigenvalue weighted by Gasteiger charge is -1.81. The van der Waals surface area contributed by atoms with Gasteiger partial charge in [0.15, 0.2) is 0 Å². The highest BCUT2D eigenvalue weighted by Gasteiger charge is 2.36. The van der Waals surface area contributed by atoms with Crippen LogP contribution in [0.15, 0.2) is 0 Å². The fourth-order valence-electron chi connectivity index (χ4n) is 0.176. The third-order valence-electron chi connectivity index (χ3n) is 0.954.